The summed E-state index contributed by atoms with van der Waals surface area (Å²) in [5.74, 6) is -0.402. The molecule has 2 nitrogen and oxygen atoms in total. The molecule has 1 aromatic carbocycles. The maximum Gasteiger partial charge on any atom is 0.254 e. The molecule has 1 amide bonds. The van der Waals surface area contributed by atoms with Gasteiger partial charge in [0.15, 0.2) is 0 Å². The fourth-order valence-electron chi connectivity index (χ4n) is 1.27. The lowest BCUT2D eigenvalue weighted by Crippen LogP contribution is -2.40. The number of rotatable bonds is 4. The molecule has 0 fully saturated rings. The van der Waals surface area contributed by atoms with Crippen LogP contribution in [0.25, 0.3) is 0 Å². The third-order valence-electron chi connectivity index (χ3n) is 2.41. The highest BCUT2D eigenvalue weighted by atomic mass is 35.5. The predicted octanol–water partition coefficient (Wildman–Crippen LogP) is 2.82. The minimum absolute atomic E-state index is 0.0540. The monoisotopic (exact) mass is 243 g/mol. The molecule has 4 heteroatoms. The van der Waals surface area contributed by atoms with E-state index < -0.39 is 11.7 Å². The zero-order valence-corrected chi connectivity index (χ0v) is 10.1. The zero-order valence-electron chi connectivity index (χ0n) is 9.34. The number of hydrogen-bond acceptors (Lipinski definition) is 1. The van der Waals surface area contributed by atoms with Crippen molar-refractivity contribution >= 4 is 17.5 Å². The Morgan fingerprint density at radius 2 is 2.06 bits per heavy atom. The summed E-state index contributed by atoms with van der Waals surface area (Å²) in [7, 11) is 0. The summed E-state index contributed by atoms with van der Waals surface area (Å²) >= 11 is 5.73. The molecule has 1 aromatic rings. The van der Waals surface area contributed by atoms with Gasteiger partial charge < -0.3 is 5.32 Å². The van der Waals surface area contributed by atoms with Crippen molar-refractivity contribution in [2.45, 2.75) is 19.9 Å². The molecule has 0 heterocycles. The maximum atomic E-state index is 13.3. The van der Waals surface area contributed by atoms with Gasteiger partial charge in [0.1, 0.15) is 5.82 Å². The van der Waals surface area contributed by atoms with Gasteiger partial charge in [-0.25, -0.2) is 4.39 Å². The number of carbonyl (C=O) groups is 1. The molecule has 0 saturated carbocycles. The Hall–Kier alpha value is -1.09. The van der Waals surface area contributed by atoms with Gasteiger partial charge in [0.05, 0.1) is 5.56 Å². The van der Waals surface area contributed by atoms with Crippen molar-refractivity contribution < 1.29 is 9.18 Å². The molecule has 0 spiro atoms. The highest BCUT2D eigenvalue weighted by Crippen LogP contribution is 2.09. The van der Waals surface area contributed by atoms with Crippen molar-refractivity contribution in [3.8, 4) is 0 Å². The molecular formula is C12H15ClFNO. The van der Waals surface area contributed by atoms with E-state index in [0.717, 1.165) is 0 Å². The molecule has 0 bridgehead atoms. The number of alkyl halides is 1. The van der Waals surface area contributed by atoms with E-state index in [2.05, 4.69) is 5.32 Å². The molecule has 0 aromatic heterocycles. The molecule has 1 rings (SSSR count). The highest BCUT2D eigenvalue weighted by molar-refractivity contribution is 6.18. The van der Waals surface area contributed by atoms with Gasteiger partial charge in [-0.3, -0.25) is 4.79 Å². The van der Waals surface area contributed by atoms with E-state index in [1.165, 1.54) is 12.1 Å². The van der Waals surface area contributed by atoms with Crippen molar-refractivity contribution in [3.63, 3.8) is 0 Å². The van der Waals surface area contributed by atoms with Crippen molar-refractivity contribution in [3.05, 3.63) is 35.6 Å². The van der Waals surface area contributed by atoms with Crippen LogP contribution in [0.5, 0.6) is 0 Å². The standard InChI is InChI=1S/C12H15ClFNO/c1-8(2)11(7-13)15-12(16)9-5-3-4-6-10(9)14/h3-6,8,11H,7H2,1-2H3,(H,15,16). The molecule has 1 atom stereocenters. The summed E-state index contributed by atoms with van der Waals surface area (Å²) in [6.07, 6.45) is 0. The molecule has 1 unspecified atom stereocenters. The van der Waals surface area contributed by atoms with Gasteiger partial charge in [-0.15, -0.1) is 11.6 Å². The molecule has 1 N–H and O–H groups in total. The molecule has 0 aliphatic carbocycles. The van der Waals surface area contributed by atoms with Gasteiger partial charge in [0, 0.05) is 11.9 Å². The maximum absolute atomic E-state index is 13.3. The lowest BCUT2D eigenvalue weighted by atomic mass is 10.1. The zero-order chi connectivity index (χ0) is 12.1. The van der Waals surface area contributed by atoms with Crippen molar-refractivity contribution in [1.29, 1.82) is 0 Å². The van der Waals surface area contributed by atoms with Gasteiger partial charge in [-0.2, -0.15) is 0 Å². The number of amides is 1. The number of benzene rings is 1. The van der Waals surface area contributed by atoms with Crippen LogP contribution < -0.4 is 5.32 Å². The van der Waals surface area contributed by atoms with Gasteiger partial charge >= 0.3 is 0 Å². The second-order valence-corrected chi connectivity index (χ2v) is 4.27. The first kappa shape index (κ1) is 13.0. The van der Waals surface area contributed by atoms with Crippen molar-refractivity contribution in [2.75, 3.05) is 5.88 Å². The van der Waals surface area contributed by atoms with E-state index >= 15 is 0 Å². The lowest BCUT2D eigenvalue weighted by molar-refractivity contribution is 0.0927. The average molecular weight is 244 g/mol. The summed E-state index contributed by atoms with van der Waals surface area (Å²) in [4.78, 5) is 11.7. The predicted molar refractivity (Wildman–Crippen MR) is 63.2 cm³/mol. The Kier molecular flexibility index (Phi) is 4.74. The van der Waals surface area contributed by atoms with Crippen LogP contribution in [0.1, 0.15) is 24.2 Å². The summed E-state index contributed by atoms with van der Waals surface area (Å²) in [5.41, 5.74) is 0.0540. The smallest absolute Gasteiger partial charge is 0.254 e. The number of carbonyl (C=O) groups excluding carboxylic acids is 1. The third-order valence-corrected chi connectivity index (χ3v) is 2.74. The van der Waals surface area contributed by atoms with Crippen LogP contribution in [0.2, 0.25) is 0 Å². The summed E-state index contributed by atoms with van der Waals surface area (Å²) in [5, 5.41) is 2.71. The fourth-order valence-corrected chi connectivity index (χ4v) is 1.71. The Labute approximate surface area is 99.8 Å². The van der Waals surface area contributed by atoms with Crippen LogP contribution in [-0.4, -0.2) is 17.8 Å². The van der Waals surface area contributed by atoms with Crippen molar-refractivity contribution in [2.24, 2.45) is 5.92 Å². The van der Waals surface area contributed by atoms with Gasteiger partial charge in [0.2, 0.25) is 0 Å². The molecule has 0 radical (unpaired) electrons. The van der Waals surface area contributed by atoms with Crippen molar-refractivity contribution in [1.82, 2.24) is 5.32 Å². The van der Waals surface area contributed by atoms with Crippen LogP contribution in [0.15, 0.2) is 24.3 Å². The number of hydrogen-bond donors (Lipinski definition) is 1. The highest BCUT2D eigenvalue weighted by Gasteiger charge is 2.17. The third kappa shape index (κ3) is 3.20. The number of nitrogens with one attached hydrogen (secondary N) is 1. The quantitative estimate of drug-likeness (QED) is 0.810. The van der Waals surface area contributed by atoms with Crippen LogP contribution in [0, 0.1) is 11.7 Å². The summed E-state index contributed by atoms with van der Waals surface area (Å²) in [6.45, 7) is 3.91. The first-order chi connectivity index (χ1) is 7.56. The fraction of sp³-hybridized carbons (Fsp3) is 0.417. The largest absolute Gasteiger partial charge is 0.348 e. The van der Waals surface area contributed by atoms with Crippen LogP contribution in [0.4, 0.5) is 4.39 Å². The lowest BCUT2D eigenvalue weighted by Gasteiger charge is -2.19. The van der Waals surface area contributed by atoms with E-state index in [0.29, 0.717) is 5.88 Å². The minimum Gasteiger partial charge on any atom is -0.348 e. The molecule has 0 saturated heterocycles. The summed E-state index contributed by atoms with van der Waals surface area (Å²) in [6, 6.07) is 5.75. The van der Waals surface area contributed by atoms with Gasteiger partial charge in [-0.05, 0) is 18.1 Å². The first-order valence-electron chi connectivity index (χ1n) is 5.17. The van der Waals surface area contributed by atoms with E-state index in [-0.39, 0.29) is 17.5 Å². The molecule has 0 aliphatic rings. The SMILES string of the molecule is CC(C)C(CCl)NC(=O)c1ccccc1F. The normalized spacial score (nSPS) is 12.6. The second kappa shape index (κ2) is 5.85. The Morgan fingerprint density at radius 3 is 2.56 bits per heavy atom. The second-order valence-electron chi connectivity index (χ2n) is 3.96. The van der Waals surface area contributed by atoms with E-state index in [4.69, 9.17) is 11.6 Å². The number of halogens is 2. The molecule has 0 aliphatic heterocycles. The Morgan fingerprint density at radius 1 is 1.44 bits per heavy atom. The summed E-state index contributed by atoms with van der Waals surface area (Å²) < 4.78 is 13.3. The topological polar surface area (TPSA) is 29.1 Å². The Balaban J connectivity index is 2.76. The first-order valence-corrected chi connectivity index (χ1v) is 5.71. The Bertz CT molecular complexity index is 368. The van der Waals surface area contributed by atoms with Crippen LogP contribution in [0.3, 0.4) is 0 Å². The van der Waals surface area contributed by atoms with E-state index in [9.17, 15) is 9.18 Å². The van der Waals surface area contributed by atoms with E-state index in [1.54, 1.807) is 12.1 Å². The van der Waals surface area contributed by atoms with Crippen LogP contribution in [-0.2, 0) is 0 Å². The van der Waals surface area contributed by atoms with Gasteiger partial charge in [0.25, 0.3) is 5.91 Å². The van der Waals surface area contributed by atoms with Crippen LogP contribution >= 0.6 is 11.6 Å². The molecule has 88 valence electrons. The van der Waals surface area contributed by atoms with E-state index in [1.807, 2.05) is 13.8 Å². The molecule has 16 heavy (non-hydrogen) atoms. The average Bonchev–Trinajstić information content (AvgIpc) is 2.25. The minimum atomic E-state index is -0.517. The molecular weight excluding hydrogens is 229 g/mol. The van der Waals surface area contributed by atoms with Gasteiger partial charge in [-0.1, -0.05) is 26.0 Å².